The molecule has 1 aliphatic rings. The van der Waals surface area contributed by atoms with Crippen LogP contribution in [0.5, 0.6) is 11.5 Å². The third-order valence-electron chi connectivity index (χ3n) is 6.57. The maximum absolute atomic E-state index is 10.6. The number of fused-ring (bicyclic) bond motifs is 1. The van der Waals surface area contributed by atoms with Gasteiger partial charge < -0.3 is 19.7 Å². The summed E-state index contributed by atoms with van der Waals surface area (Å²) >= 11 is 0. The number of carboxylic acids is 2. The molecule has 1 aliphatic heterocycles. The van der Waals surface area contributed by atoms with Crippen LogP contribution in [-0.4, -0.2) is 86.3 Å². The Bertz CT molecular complexity index is 1590. The summed E-state index contributed by atoms with van der Waals surface area (Å²) in [4.78, 5) is 29.2. The molecule has 11 nitrogen and oxygen atoms in total. The second kappa shape index (κ2) is 15.4. The molecular weight excluding hydrogens is 628 g/mol. The maximum Gasteiger partial charge on any atom is 0.490 e. The molecule has 3 aromatic heterocycles. The number of para-hydroxylation sites is 1. The molecule has 1 fully saturated rings. The summed E-state index contributed by atoms with van der Waals surface area (Å²) in [7, 11) is 3.31. The van der Waals surface area contributed by atoms with E-state index in [2.05, 4.69) is 28.1 Å². The van der Waals surface area contributed by atoms with Crippen molar-refractivity contribution < 1.29 is 55.6 Å². The molecule has 4 heterocycles. The summed E-state index contributed by atoms with van der Waals surface area (Å²) in [5.41, 5.74) is 4.12. The van der Waals surface area contributed by atoms with Gasteiger partial charge in [-0.3, -0.25) is 9.88 Å². The molecule has 2 N–H and O–H groups in total. The first-order valence-corrected chi connectivity index (χ1v) is 13.4. The number of benzene rings is 1. The van der Waals surface area contributed by atoms with E-state index in [1.165, 1.54) is 5.56 Å². The molecule has 1 unspecified atom stereocenters. The maximum atomic E-state index is 10.6. The highest BCUT2D eigenvalue weighted by Crippen LogP contribution is 2.38. The zero-order valence-electron chi connectivity index (χ0n) is 24.4. The van der Waals surface area contributed by atoms with Crippen molar-refractivity contribution in [2.45, 2.75) is 37.7 Å². The van der Waals surface area contributed by atoms with E-state index in [0.29, 0.717) is 17.4 Å². The minimum absolute atomic E-state index is 0.334. The summed E-state index contributed by atoms with van der Waals surface area (Å²) in [5, 5.41) is 19.1. The van der Waals surface area contributed by atoms with Gasteiger partial charge in [-0.05, 0) is 55.3 Å². The zero-order chi connectivity index (χ0) is 34.1. The smallest absolute Gasteiger partial charge is 0.490 e. The number of piperidine rings is 1. The van der Waals surface area contributed by atoms with Gasteiger partial charge in [-0.25, -0.2) is 19.1 Å². The number of ether oxygens (including phenoxy) is 2. The highest BCUT2D eigenvalue weighted by molar-refractivity contribution is 5.74. The van der Waals surface area contributed by atoms with Crippen LogP contribution in [0.4, 0.5) is 26.3 Å². The Labute approximate surface area is 258 Å². The van der Waals surface area contributed by atoms with E-state index in [-0.39, 0.29) is 0 Å². The lowest BCUT2D eigenvalue weighted by molar-refractivity contribution is -0.193. The summed E-state index contributed by atoms with van der Waals surface area (Å²) in [6.07, 6.45) is -2.18. The Morgan fingerprint density at radius 3 is 2.13 bits per heavy atom. The molecule has 1 atom stereocenters. The van der Waals surface area contributed by atoms with Crippen molar-refractivity contribution in [2.24, 2.45) is 0 Å². The highest BCUT2D eigenvalue weighted by atomic mass is 19.4. The minimum atomic E-state index is -5.08. The van der Waals surface area contributed by atoms with Crippen molar-refractivity contribution in [3.05, 3.63) is 72.4 Å². The van der Waals surface area contributed by atoms with Gasteiger partial charge in [0, 0.05) is 48.7 Å². The largest absolute Gasteiger partial charge is 0.493 e. The summed E-state index contributed by atoms with van der Waals surface area (Å²) in [6.45, 7) is 3.01. The number of pyridine rings is 2. The first kappa shape index (κ1) is 35.5. The molecule has 1 saturated heterocycles. The third-order valence-corrected chi connectivity index (χ3v) is 6.57. The van der Waals surface area contributed by atoms with Gasteiger partial charge in [0.25, 0.3) is 0 Å². The van der Waals surface area contributed by atoms with Crippen LogP contribution >= 0.6 is 0 Å². The molecule has 0 bridgehead atoms. The minimum Gasteiger partial charge on any atom is -0.493 e. The first-order chi connectivity index (χ1) is 21.6. The van der Waals surface area contributed by atoms with Gasteiger partial charge >= 0.3 is 24.3 Å². The fraction of sp³-hybridized carbons (Fsp3) is 0.345. The van der Waals surface area contributed by atoms with Gasteiger partial charge in [0.15, 0.2) is 23.0 Å². The van der Waals surface area contributed by atoms with Gasteiger partial charge in [-0.2, -0.15) is 31.4 Å². The Hall–Kier alpha value is -4.93. The van der Waals surface area contributed by atoms with Gasteiger partial charge in [0.1, 0.15) is 0 Å². The number of carboxylic acid groups (broad SMARTS) is 2. The number of halogens is 6. The summed E-state index contributed by atoms with van der Waals surface area (Å²) in [5.74, 6) is -2.84. The van der Waals surface area contributed by atoms with Crippen LogP contribution in [0.15, 0.2) is 61.1 Å². The SMILES string of the molecule is COc1cccc(-c2ccc3nc(C4CCCN(Cc5ccncc5)C4)nn3c2)c1OC.O=C(O)C(F)(F)F.O=C(O)C(F)(F)F. The van der Waals surface area contributed by atoms with E-state index in [9.17, 15) is 26.3 Å². The first-order valence-electron chi connectivity index (χ1n) is 13.4. The number of likely N-dealkylation sites (tertiary alicyclic amines) is 1. The quantitative estimate of drug-likeness (QED) is 0.257. The average Bonchev–Trinajstić information content (AvgIpc) is 3.45. The average molecular weight is 658 g/mol. The summed E-state index contributed by atoms with van der Waals surface area (Å²) < 4.78 is 76.4. The molecule has 4 aromatic rings. The lowest BCUT2D eigenvalue weighted by Crippen LogP contribution is -2.34. The van der Waals surface area contributed by atoms with Crippen LogP contribution in [0.2, 0.25) is 0 Å². The predicted octanol–water partition coefficient (Wildman–Crippen LogP) is 5.45. The normalized spacial score (nSPS) is 15.2. The van der Waals surface area contributed by atoms with E-state index in [1.807, 2.05) is 47.4 Å². The van der Waals surface area contributed by atoms with Crippen molar-refractivity contribution in [1.82, 2.24) is 24.5 Å². The fourth-order valence-corrected chi connectivity index (χ4v) is 4.50. The van der Waals surface area contributed by atoms with E-state index in [4.69, 9.17) is 39.4 Å². The molecule has 0 aliphatic carbocycles. The molecule has 0 spiro atoms. The molecule has 5 rings (SSSR count). The van der Waals surface area contributed by atoms with E-state index in [1.54, 1.807) is 14.2 Å². The van der Waals surface area contributed by atoms with Gasteiger partial charge in [-0.1, -0.05) is 12.1 Å². The lowest BCUT2D eigenvalue weighted by atomic mass is 9.97. The zero-order valence-corrected chi connectivity index (χ0v) is 24.4. The molecule has 46 heavy (non-hydrogen) atoms. The number of aromatic nitrogens is 4. The molecule has 1 aromatic carbocycles. The third kappa shape index (κ3) is 9.79. The Balaban J connectivity index is 0.000000345. The van der Waals surface area contributed by atoms with E-state index < -0.39 is 24.3 Å². The van der Waals surface area contributed by atoms with E-state index >= 15 is 0 Å². The van der Waals surface area contributed by atoms with Crippen molar-refractivity contribution >= 4 is 17.6 Å². The van der Waals surface area contributed by atoms with Crippen molar-refractivity contribution in [3.8, 4) is 22.6 Å². The number of aliphatic carboxylic acids is 2. The Morgan fingerprint density at radius 1 is 0.935 bits per heavy atom. The predicted molar refractivity (Wildman–Crippen MR) is 150 cm³/mol. The molecule has 248 valence electrons. The van der Waals surface area contributed by atoms with Crippen LogP contribution in [0, 0.1) is 0 Å². The topological polar surface area (TPSA) is 139 Å². The molecule has 0 saturated carbocycles. The van der Waals surface area contributed by atoms with Crippen LogP contribution in [0.25, 0.3) is 16.8 Å². The molecule has 17 heteroatoms. The highest BCUT2D eigenvalue weighted by Gasteiger charge is 2.39. The van der Waals surface area contributed by atoms with Gasteiger partial charge in [0.2, 0.25) is 0 Å². The van der Waals surface area contributed by atoms with Crippen molar-refractivity contribution in [2.75, 3.05) is 27.3 Å². The number of hydrogen-bond acceptors (Lipinski definition) is 8. The van der Waals surface area contributed by atoms with Crippen LogP contribution in [0.3, 0.4) is 0 Å². The van der Waals surface area contributed by atoms with Crippen LogP contribution in [0.1, 0.15) is 30.1 Å². The molecule has 0 radical (unpaired) electrons. The van der Waals surface area contributed by atoms with Gasteiger partial charge in [-0.15, -0.1) is 0 Å². The van der Waals surface area contributed by atoms with Crippen LogP contribution < -0.4 is 9.47 Å². The fourth-order valence-electron chi connectivity index (χ4n) is 4.50. The number of carbonyl (C=O) groups is 2. The number of nitrogens with zero attached hydrogens (tertiary/aromatic N) is 5. The van der Waals surface area contributed by atoms with Crippen molar-refractivity contribution in [3.63, 3.8) is 0 Å². The standard InChI is InChI=1S/C25H27N5O2.2C2HF3O2/c1-31-22-7-3-6-21(24(22)32-2)19-8-9-23-27-25(28-30(23)17-19)20-5-4-14-29(16-20)15-18-10-12-26-13-11-18;2*3-2(4,5)1(6)7/h3,6-13,17,20H,4-5,14-16H2,1-2H3;2*(H,6,7). The molecular formula is C29H29F6N5O6. The number of rotatable bonds is 6. The number of hydrogen-bond donors (Lipinski definition) is 2. The second-order valence-corrected chi connectivity index (χ2v) is 9.77. The van der Waals surface area contributed by atoms with Gasteiger partial charge in [0.05, 0.1) is 14.2 Å². The van der Waals surface area contributed by atoms with E-state index in [0.717, 1.165) is 55.1 Å². The van der Waals surface area contributed by atoms with Crippen molar-refractivity contribution in [1.29, 1.82) is 0 Å². The number of alkyl halides is 6. The summed E-state index contributed by atoms with van der Waals surface area (Å²) in [6, 6.07) is 14.1. The number of methoxy groups -OCH3 is 2. The Morgan fingerprint density at radius 2 is 1.57 bits per heavy atom. The monoisotopic (exact) mass is 657 g/mol. The Kier molecular flexibility index (Phi) is 11.9. The van der Waals surface area contributed by atoms with Crippen LogP contribution in [-0.2, 0) is 16.1 Å². The molecule has 0 amide bonds. The lowest BCUT2D eigenvalue weighted by Gasteiger charge is -2.31. The second-order valence-electron chi connectivity index (χ2n) is 9.77.